The molecule has 0 bridgehead atoms. The van der Waals surface area contributed by atoms with E-state index in [1.165, 1.54) is 0 Å². The Labute approximate surface area is 89.1 Å². The first-order valence-electron chi connectivity index (χ1n) is 5.19. The van der Waals surface area contributed by atoms with Gasteiger partial charge in [-0.05, 0) is 13.3 Å². The van der Waals surface area contributed by atoms with Crippen LogP contribution in [0.2, 0.25) is 0 Å². The minimum absolute atomic E-state index is 0.315. The standard InChI is InChI=1S/C10H16N4O/c1-7-8(2-5-15-7)6-14-10-9(11)12-3-4-13-10/h3-4,7-8H,2,5-6H2,1H3,(H2,11,12)(H,13,14). The maximum atomic E-state index is 5.67. The monoisotopic (exact) mass is 208 g/mol. The number of nitrogen functional groups attached to an aromatic ring is 1. The molecular formula is C10H16N4O. The molecule has 0 aromatic carbocycles. The molecule has 5 heteroatoms. The Bertz CT molecular complexity index is 331. The van der Waals surface area contributed by atoms with Crippen molar-refractivity contribution in [2.45, 2.75) is 19.4 Å². The maximum absolute atomic E-state index is 5.67. The third kappa shape index (κ3) is 2.36. The zero-order chi connectivity index (χ0) is 10.7. The number of hydrogen-bond acceptors (Lipinski definition) is 5. The van der Waals surface area contributed by atoms with E-state index in [1.54, 1.807) is 12.4 Å². The number of hydrogen-bond donors (Lipinski definition) is 2. The highest BCUT2D eigenvalue weighted by molar-refractivity contribution is 5.54. The number of nitrogens with one attached hydrogen (secondary N) is 1. The zero-order valence-corrected chi connectivity index (χ0v) is 8.81. The van der Waals surface area contributed by atoms with Crippen LogP contribution in [-0.2, 0) is 4.74 Å². The fourth-order valence-corrected chi connectivity index (χ4v) is 1.76. The van der Waals surface area contributed by atoms with E-state index in [2.05, 4.69) is 22.2 Å². The number of rotatable bonds is 3. The summed E-state index contributed by atoms with van der Waals surface area (Å²) >= 11 is 0. The second-order valence-corrected chi connectivity index (χ2v) is 3.80. The summed E-state index contributed by atoms with van der Waals surface area (Å²) in [5, 5.41) is 3.21. The molecule has 0 spiro atoms. The summed E-state index contributed by atoms with van der Waals surface area (Å²) in [7, 11) is 0. The van der Waals surface area contributed by atoms with E-state index in [1.807, 2.05) is 0 Å². The molecule has 0 radical (unpaired) electrons. The molecule has 1 aromatic rings. The van der Waals surface area contributed by atoms with Crippen LogP contribution >= 0.6 is 0 Å². The minimum atomic E-state index is 0.315. The van der Waals surface area contributed by atoms with Crippen molar-refractivity contribution in [2.24, 2.45) is 5.92 Å². The van der Waals surface area contributed by atoms with Gasteiger partial charge in [0.15, 0.2) is 11.6 Å². The second-order valence-electron chi connectivity index (χ2n) is 3.80. The molecule has 0 amide bonds. The first-order chi connectivity index (χ1) is 7.27. The lowest BCUT2D eigenvalue weighted by Gasteiger charge is -2.15. The molecule has 1 fully saturated rings. The fraction of sp³-hybridized carbons (Fsp3) is 0.600. The Morgan fingerprint density at radius 2 is 2.33 bits per heavy atom. The number of nitrogens with zero attached hydrogens (tertiary/aromatic N) is 2. The molecular weight excluding hydrogens is 192 g/mol. The quantitative estimate of drug-likeness (QED) is 0.772. The summed E-state index contributed by atoms with van der Waals surface area (Å²) < 4.78 is 5.48. The molecule has 5 nitrogen and oxygen atoms in total. The van der Waals surface area contributed by atoms with Gasteiger partial charge in [0.1, 0.15) is 0 Å². The second kappa shape index (κ2) is 4.44. The van der Waals surface area contributed by atoms with Gasteiger partial charge in [0.05, 0.1) is 6.10 Å². The Balaban J connectivity index is 1.90. The van der Waals surface area contributed by atoms with Crippen LogP contribution in [0.25, 0.3) is 0 Å². The van der Waals surface area contributed by atoms with Crippen LogP contribution < -0.4 is 11.1 Å². The minimum Gasteiger partial charge on any atom is -0.381 e. The van der Waals surface area contributed by atoms with Crippen molar-refractivity contribution >= 4 is 11.6 Å². The lowest BCUT2D eigenvalue weighted by atomic mass is 10.0. The van der Waals surface area contributed by atoms with Crippen LogP contribution in [0.1, 0.15) is 13.3 Å². The van der Waals surface area contributed by atoms with Crippen molar-refractivity contribution in [3.63, 3.8) is 0 Å². The van der Waals surface area contributed by atoms with Gasteiger partial charge in [-0.2, -0.15) is 0 Å². The lowest BCUT2D eigenvalue weighted by Crippen LogP contribution is -2.21. The molecule has 2 heterocycles. The molecule has 0 saturated carbocycles. The van der Waals surface area contributed by atoms with Gasteiger partial charge in [-0.1, -0.05) is 0 Å². The van der Waals surface area contributed by atoms with Gasteiger partial charge in [0.25, 0.3) is 0 Å². The Kier molecular flexibility index (Phi) is 3.01. The zero-order valence-electron chi connectivity index (χ0n) is 8.81. The van der Waals surface area contributed by atoms with Gasteiger partial charge < -0.3 is 15.8 Å². The van der Waals surface area contributed by atoms with Crippen LogP contribution in [0, 0.1) is 5.92 Å². The van der Waals surface area contributed by atoms with Gasteiger partial charge >= 0.3 is 0 Å². The van der Waals surface area contributed by atoms with Crippen molar-refractivity contribution in [2.75, 3.05) is 24.2 Å². The largest absolute Gasteiger partial charge is 0.381 e. The highest BCUT2D eigenvalue weighted by Crippen LogP contribution is 2.21. The Morgan fingerprint density at radius 3 is 3.00 bits per heavy atom. The van der Waals surface area contributed by atoms with Gasteiger partial charge in [-0.15, -0.1) is 0 Å². The first kappa shape index (κ1) is 10.2. The van der Waals surface area contributed by atoms with Gasteiger partial charge in [-0.3, -0.25) is 0 Å². The highest BCUT2D eigenvalue weighted by atomic mass is 16.5. The average molecular weight is 208 g/mol. The third-order valence-electron chi connectivity index (χ3n) is 2.79. The third-order valence-corrected chi connectivity index (χ3v) is 2.79. The predicted molar refractivity (Wildman–Crippen MR) is 58.5 cm³/mol. The SMILES string of the molecule is CC1OCCC1CNc1nccnc1N. The highest BCUT2D eigenvalue weighted by Gasteiger charge is 2.23. The molecule has 82 valence electrons. The number of anilines is 2. The van der Waals surface area contributed by atoms with Crippen molar-refractivity contribution in [3.05, 3.63) is 12.4 Å². The summed E-state index contributed by atoms with van der Waals surface area (Å²) in [6.45, 7) is 3.78. The smallest absolute Gasteiger partial charge is 0.168 e. The topological polar surface area (TPSA) is 73.1 Å². The molecule has 1 aliphatic rings. The van der Waals surface area contributed by atoms with Crippen molar-refractivity contribution in [1.82, 2.24) is 9.97 Å². The molecule has 2 rings (SSSR count). The number of ether oxygens (including phenoxy) is 1. The van der Waals surface area contributed by atoms with Crippen molar-refractivity contribution in [3.8, 4) is 0 Å². The predicted octanol–water partition coefficient (Wildman–Crippen LogP) is 0.896. The van der Waals surface area contributed by atoms with Crippen LogP contribution in [0.15, 0.2) is 12.4 Å². The van der Waals surface area contributed by atoms with Crippen LogP contribution in [0.5, 0.6) is 0 Å². The summed E-state index contributed by atoms with van der Waals surface area (Å²) in [5.41, 5.74) is 5.67. The van der Waals surface area contributed by atoms with Gasteiger partial charge in [0, 0.05) is 31.5 Å². The van der Waals surface area contributed by atoms with E-state index in [-0.39, 0.29) is 0 Å². The molecule has 1 aromatic heterocycles. The molecule has 2 unspecified atom stereocenters. The van der Waals surface area contributed by atoms with Crippen molar-refractivity contribution < 1.29 is 4.74 Å². The van der Waals surface area contributed by atoms with E-state index < -0.39 is 0 Å². The summed E-state index contributed by atoms with van der Waals surface area (Å²) in [6, 6.07) is 0. The van der Waals surface area contributed by atoms with Crippen molar-refractivity contribution in [1.29, 1.82) is 0 Å². The van der Waals surface area contributed by atoms with Crippen LogP contribution in [0.4, 0.5) is 11.6 Å². The van der Waals surface area contributed by atoms with Gasteiger partial charge in [-0.25, -0.2) is 9.97 Å². The van der Waals surface area contributed by atoms with E-state index in [0.717, 1.165) is 19.6 Å². The number of aromatic nitrogens is 2. The average Bonchev–Trinajstić information content (AvgIpc) is 2.63. The number of nitrogens with two attached hydrogens (primary N) is 1. The molecule has 3 N–H and O–H groups in total. The molecule has 15 heavy (non-hydrogen) atoms. The molecule has 1 saturated heterocycles. The van der Waals surface area contributed by atoms with E-state index in [4.69, 9.17) is 10.5 Å². The van der Waals surface area contributed by atoms with E-state index in [9.17, 15) is 0 Å². The summed E-state index contributed by atoms with van der Waals surface area (Å²) in [5.74, 6) is 1.65. The van der Waals surface area contributed by atoms with E-state index >= 15 is 0 Å². The summed E-state index contributed by atoms with van der Waals surface area (Å²) in [6.07, 6.45) is 4.62. The summed E-state index contributed by atoms with van der Waals surface area (Å²) in [4.78, 5) is 8.09. The van der Waals surface area contributed by atoms with E-state index in [0.29, 0.717) is 23.7 Å². The normalized spacial score (nSPS) is 25.4. The molecule has 0 aliphatic carbocycles. The Morgan fingerprint density at radius 1 is 1.53 bits per heavy atom. The van der Waals surface area contributed by atoms with Crippen LogP contribution in [-0.4, -0.2) is 29.2 Å². The lowest BCUT2D eigenvalue weighted by molar-refractivity contribution is 0.108. The first-order valence-corrected chi connectivity index (χ1v) is 5.19. The Hall–Kier alpha value is -1.36. The maximum Gasteiger partial charge on any atom is 0.168 e. The van der Waals surface area contributed by atoms with Gasteiger partial charge in [0.2, 0.25) is 0 Å². The molecule has 1 aliphatic heterocycles. The molecule has 2 atom stereocenters. The fourth-order valence-electron chi connectivity index (χ4n) is 1.76. The van der Waals surface area contributed by atoms with Crippen LogP contribution in [0.3, 0.4) is 0 Å².